The molecule has 4 heteroatoms. The quantitative estimate of drug-likeness (QED) is 0.814. The average Bonchev–Trinajstić information content (AvgIpc) is 2.68. The van der Waals surface area contributed by atoms with Gasteiger partial charge in [-0.3, -0.25) is 4.90 Å². The van der Waals surface area contributed by atoms with Gasteiger partial charge in [-0.25, -0.2) is 0 Å². The summed E-state index contributed by atoms with van der Waals surface area (Å²) in [5, 5.41) is 0. The molecular formula is C23H29NO3. The van der Waals surface area contributed by atoms with E-state index in [4.69, 9.17) is 14.2 Å². The molecule has 2 aromatic rings. The summed E-state index contributed by atoms with van der Waals surface area (Å²) in [6.45, 7) is 2.22. The largest absolute Gasteiger partial charge is 0.493 e. The fourth-order valence-electron chi connectivity index (χ4n) is 5.08. The summed E-state index contributed by atoms with van der Waals surface area (Å²) in [6.07, 6.45) is 2.95. The SMILES string of the molecule is COc1cc2c(cc1OC)[C@]1(C)CC[C@](c3ccccc3)(N(C)C)[C@H](C2)O1. The number of rotatable bonds is 4. The topological polar surface area (TPSA) is 30.9 Å². The Hall–Kier alpha value is -2.04. The molecular weight excluding hydrogens is 338 g/mol. The van der Waals surface area contributed by atoms with Gasteiger partial charge in [-0.1, -0.05) is 30.3 Å². The molecule has 1 saturated heterocycles. The molecule has 27 heavy (non-hydrogen) atoms. The van der Waals surface area contributed by atoms with Crippen molar-refractivity contribution in [1.82, 2.24) is 4.90 Å². The summed E-state index contributed by atoms with van der Waals surface area (Å²) in [5.74, 6) is 1.56. The first kappa shape index (κ1) is 18.3. The number of ether oxygens (including phenoxy) is 3. The van der Waals surface area contributed by atoms with Crippen LogP contribution in [0, 0.1) is 0 Å². The third kappa shape index (κ3) is 2.66. The molecule has 2 aliphatic heterocycles. The van der Waals surface area contributed by atoms with Crippen LogP contribution >= 0.6 is 0 Å². The predicted molar refractivity (Wildman–Crippen MR) is 107 cm³/mol. The molecule has 2 aromatic carbocycles. The Morgan fingerprint density at radius 3 is 2.30 bits per heavy atom. The van der Waals surface area contributed by atoms with Gasteiger partial charge in [0.25, 0.3) is 0 Å². The number of hydrogen-bond acceptors (Lipinski definition) is 4. The molecule has 0 unspecified atom stereocenters. The average molecular weight is 367 g/mol. The molecule has 0 N–H and O–H groups in total. The van der Waals surface area contributed by atoms with Crippen molar-refractivity contribution in [2.45, 2.75) is 43.4 Å². The van der Waals surface area contributed by atoms with E-state index in [9.17, 15) is 0 Å². The van der Waals surface area contributed by atoms with Crippen LogP contribution in [-0.2, 0) is 22.3 Å². The Kier molecular flexibility index (Phi) is 4.44. The summed E-state index contributed by atoms with van der Waals surface area (Å²) >= 11 is 0. The molecule has 0 spiro atoms. The van der Waals surface area contributed by atoms with Crippen LogP contribution in [0.3, 0.4) is 0 Å². The minimum atomic E-state index is -0.300. The van der Waals surface area contributed by atoms with E-state index >= 15 is 0 Å². The fourth-order valence-corrected chi connectivity index (χ4v) is 5.08. The molecule has 0 amide bonds. The van der Waals surface area contributed by atoms with E-state index in [1.54, 1.807) is 14.2 Å². The smallest absolute Gasteiger partial charge is 0.161 e. The molecule has 144 valence electrons. The van der Waals surface area contributed by atoms with Gasteiger partial charge in [-0.2, -0.15) is 0 Å². The number of benzene rings is 2. The number of nitrogens with zero attached hydrogens (tertiary/aromatic N) is 1. The normalized spacial score (nSPS) is 29.3. The van der Waals surface area contributed by atoms with E-state index in [2.05, 4.69) is 68.4 Å². The summed E-state index contributed by atoms with van der Waals surface area (Å²) in [4.78, 5) is 2.35. The highest BCUT2D eigenvalue weighted by Crippen LogP contribution is 2.54. The molecule has 1 fully saturated rings. The van der Waals surface area contributed by atoms with E-state index in [0.717, 1.165) is 30.8 Å². The van der Waals surface area contributed by atoms with Crippen molar-refractivity contribution in [2.75, 3.05) is 28.3 Å². The molecule has 2 bridgehead atoms. The predicted octanol–water partition coefficient (Wildman–Crippen LogP) is 4.11. The van der Waals surface area contributed by atoms with Crippen molar-refractivity contribution in [3.63, 3.8) is 0 Å². The third-order valence-corrected chi connectivity index (χ3v) is 6.57. The van der Waals surface area contributed by atoms with E-state index in [0.29, 0.717) is 0 Å². The van der Waals surface area contributed by atoms with Crippen LogP contribution in [0.1, 0.15) is 36.5 Å². The van der Waals surface area contributed by atoms with Crippen LogP contribution in [0.15, 0.2) is 42.5 Å². The standard InChI is InChI=1S/C23H29NO3/c1-22-11-12-23(24(2)3,17-9-7-6-8-10-17)21(27-22)14-16-13-19(25-4)20(26-5)15-18(16)22/h6-10,13,15,21H,11-12,14H2,1-5H3/t21-,22-,23+/m0/s1. The zero-order valence-corrected chi connectivity index (χ0v) is 16.9. The zero-order chi connectivity index (χ0) is 19.2. The van der Waals surface area contributed by atoms with Crippen LogP contribution in [-0.4, -0.2) is 39.3 Å². The van der Waals surface area contributed by atoms with Crippen molar-refractivity contribution in [1.29, 1.82) is 0 Å². The van der Waals surface area contributed by atoms with Crippen molar-refractivity contribution in [2.24, 2.45) is 0 Å². The van der Waals surface area contributed by atoms with Crippen molar-refractivity contribution < 1.29 is 14.2 Å². The Morgan fingerprint density at radius 1 is 1.00 bits per heavy atom. The maximum atomic E-state index is 6.80. The Labute approximate surface area is 162 Å². The van der Waals surface area contributed by atoms with E-state index in [1.165, 1.54) is 16.7 Å². The first-order valence-corrected chi connectivity index (χ1v) is 9.61. The lowest BCUT2D eigenvalue weighted by Gasteiger charge is -2.57. The summed E-state index contributed by atoms with van der Waals surface area (Å²) in [5.41, 5.74) is 3.42. The summed E-state index contributed by atoms with van der Waals surface area (Å²) in [7, 11) is 7.72. The monoisotopic (exact) mass is 367 g/mol. The van der Waals surface area contributed by atoms with Crippen molar-refractivity contribution in [3.05, 3.63) is 59.2 Å². The van der Waals surface area contributed by atoms with Crippen LogP contribution in [0.4, 0.5) is 0 Å². The zero-order valence-electron chi connectivity index (χ0n) is 16.9. The molecule has 4 rings (SSSR count). The highest BCUT2D eigenvalue weighted by molar-refractivity contribution is 5.51. The first-order chi connectivity index (χ1) is 12.9. The first-order valence-electron chi connectivity index (χ1n) is 9.61. The van der Waals surface area contributed by atoms with Gasteiger partial charge in [-0.15, -0.1) is 0 Å². The molecule has 0 saturated carbocycles. The summed E-state index contributed by atoms with van der Waals surface area (Å²) in [6, 6.07) is 15.0. The van der Waals surface area contributed by atoms with Gasteiger partial charge in [0.2, 0.25) is 0 Å². The highest BCUT2D eigenvalue weighted by Gasteiger charge is 2.54. The molecule has 4 nitrogen and oxygen atoms in total. The van der Waals surface area contributed by atoms with Gasteiger partial charge in [-0.05, 0) is 62.7 Å². The lowest BCUT2D eigenvalue weighted by Crippen LogP contribution is -2.60. The maximum absolute atomic E-state index is 6.80. The van der Waals surface area contributed by atoms with Crippen molar-refractivity contribution >= 4 is 0 Å². The lowest BCUT2D eigenvalue weighted by molar-refractivity contribution is -0.200. The lowest BCUT2D eigenvalue weighted by atomic mass is 9.67. The van der Waals surface area contributed by atoms with Gasteiger partial charge in [0.15, 0.2) is 11.5 Å². The number of methoxy groups -OCH3 is 2. The number of fused-ring (bicyclic) bond motifs is 4. The van der Waals surface area contributed by atoms with Gasteiger partial charge < -0.3 is 14.2 Å². The fraction of sp³-hybridized carbons (Fsp3) is 0.478. The van der Waals surface area contributed by atoms with Crippen LogP contribution < -0.4 is 9.47 Å². The molecule has 2 heterocycles. The van der Waals surface area contributed by atoms with Gasteiger partial charge in [0.05, 0.1) is 31.5 Å². The minimum absolute atomic E-state index is 0.0826. The van der Waals surface area contributed by atoms with Gasteiger partial charge in [0, 0.05) is 6.42 Å². The molecule has 0 aliphatic carbocycles. The third-order valence-electron chi connectivity index (χ3n) is 6.57. The van der Waals surface area contributed by atoms with E-state index in [1.807, 2.05) is 0 Å². The maximum Gasteiger partial charge on any atom is 0.161 e. The Balaban J connectivity index is 1.84. The second-order valence-corrected chi connectivity index (χ2v) is 8.09. The molecule has 3 atom stereocenters. The van der Waals surface area contributed by atoms with E-state index < -0.39 is 0 Å². The minimum Gasteiger partial charge on any atom is -0.493 e. The molecule has 2 aliphatic rings. The Morgan fingerprint density at radius 2 is 1.67 bits per heavy atom. The van der Waals surface area contributed by atoms with Crippen molar-refractivity contribution in [3.8, 4) is 11.5 Å². The van der Waals surface area contributed by atoms with Gasteiger partial charge >= 0.3 is 0 Å². The van der Waals surface area contributed by atoms with E-state index in [-0.39, 0.29) is 17.2 Å². The highest BCUT2D eigenvalue weighted by atomic mass is 16.5. The second kappa shape index (κ2) is 6.54. The number of hydrogen-bond donors (Lipinski definition) is 0. The van der Waals surface area contributed by atoms with Crippen LogP contribution in [0.25, 0.3) is 0 Å². The Bertz CT molecular complexity index is 835. The number of likely N-dealkylation sites (N-methyl/N-ethyl adjacent to an activating group) is 1. The van der Waals surface area contributed by atoms with Crippen LogP contribution in [0.2, 0.25) is 0 Å². The molecule has 0 aromatic heterocycles. The second-order valence-electron chi connectivity index (χ2n) is 8.09. The molecule has 0 radical (unpaired) electrons. The van der Waals surface area contributed by atoms with Gasteiger partial charge in [0.1, 0.15) is 0 Å². The summed E-state index contributed by atoms with van der Waals surface area (Å²) < 4.78 is 17.9. The van der Waals surface area contributed by atoms with Crippen LogP contribution in [0.5, 0.6) is 11.5 Å².